The molecule has 0 aliphatic rings. The zero-order chi connectivity index (χ0) is 10.6. The number of alkyl halides is 1. The van der Waals surface area contributed by atoms with Gasteiger partial charge in [0, 0.05) is 17.9 Å². The van der Waals surface area contributed by atoms with Crippen molar-refractivity contribution in [2.24, 2.45) is 0 Å². The summed E-state index contributed by atoms with van der Waals surface area (Å²) >= 11 is 15.3. The van der Waals surface area contributed by atoms with Crippen molar-refractivity contribution in [2.75, 3.05) is 5.33 Å². The van der Waals surface area contributed by atoms with Gasteiger partial charge in [-0.1, -0.05) is 51.3 Å². The lowest BCUT2D eigenvalue weighted by Gasteiger charge is -2.11. The van der Waals surface area contributed by atoms with Crippen LogP contribution in [0.5, 0.6) is 0 Å². The van der Waals surface area contributed by atoms with Crippen molar-refractivity contribution in [1.29, 1.82) is 0 Å². The molecule has 1 aromatic carbocycles. The maximum atomic E-state index is 6.04. The Labute approximate surface area is 103 Å². The number of nitrogens with one attached hydrogen (secondary N) is 1. The van der Waals surface area contributed by atoms with E-state index < -0.39 is 0 Å². The van der Waals surface area contributed by atoms with Crippen LogP contribution in [0.1, 0.15) is 12.5 Å². The van der Waals surface area contributed by atoms with Crippen LogP contribution in [0.3, 0.4) is 0 Å². The number of hydrogen-bond acceptors (Lipinski definition) is 1. The molecule has 1 rings (SSSR count). The summed E-state index contributed by atoms with van der Waals surface area (Å²) in [7, 11) is 0. The Kier molecular flexibility index (Phi) is 5.24. The molecule has 14 heavy (non-hydrogen) atoms. The summed E-state index contributed by atoms with van der Waals surface area (Å²) in [5.41, 5.74) is 1.03. The van der Waals surface area contributed by atoms with Crippen molar-refractivity contribution in [1.82, 2.24) is 5.32 Å². The molecule has 0 amide bonds. The Bertz CT molecular complexity index is 304. The van der Waals surface area contributed by atoms with Gasteiger partial charge < -0.3 is 5.32 Å². The van der Waals surface area contributed by atoms with E-state index in [1.807, 2.05) is 12.1 Å². The summed E-state index contributed by atoms with van der Waals surface area (Å²) in [5.74, 6) is 0. The molecule has 0 aliphatic heterocycles. The van der Waals surface area contributed by atoms with Crippen molar-refractivity contribution in [3.63, 3.8) is 0 Å². The highest BCUT2D eigenvalue weighted by Gasteiger charge is 2.05. The van der Waals surface area contributed by atoms with Gasteiger partial charge >= 0.3 is 0 Å². The monoisotopic (exact) mass is 295 g/mol. The lowest BCUT2D eigenvalue weighted by Crippen LogP contribution is -2.26. The maximum absolute atomic E-state index is 6.04. The Morgan fingerprint density at radius 3 is 2.79 bits per heavy atom. The second-order valence-corrected chi connectivity index (χ2v) is 4.58. The molecule has 1 atom stereocenters. The van der Waals surface area contributed by atoms with Crippen molar-refractivity contribution in [3.8, 4) is 0 Å². The van der Waals surface area contributed by atoms with Crippen molar-refractivity contribution < 1.29 is 0 Å². The van der Waals surface area contributed by atoms with Gasteiger partial charge in [-0.25, -0.2) is 0 Å². The zero-order valence-electron chi connectivity index (χ0n) is 7.86. The number of hydrogen-bond donors (Lipinski definition) is 1. The number of benzene rings is 1. The molecule has 78 valence electrons. The smallest absolute Gasteiger partial charge is 0.0637 e. The fourth-order valence-corrected chi connectivity index (χ4v) is 1.64. The van der Waals surface area contributed by atoms with E-state index in [4.69, 9.17) is 23.2 Å². The Balaban J connectivity index is 2.63. The highest BCUT2D eigenvalue weighted by Crippen LogP contribution is 2.25. The van der Waals surface area contributed by atoms with Crippen LogP contribution in [0.4, 0.5) is 0 Å². The third-order valence-electron chi connectivity index (χ3n) is 1.90. The molecule has 1 unspecified atom stereocenters. The summed E-state index contributed by atoms with van der Waals surface area (Å²) in [6, 6.07) is 6.10. The number of halogens is 3. The van der Waals surface area contributed by atoms with E-state index in [0.717, 1.165) is 17.4 Å². The minimum absolute atomic E-state index is 0.421. The molecule has 0 aliphatic carbocycles. The molecule has 1 N–H and O–H groups in total. The molecule has 0 fully saturated rings. The minimum Gasteiger partial charge on any atom is -0.309 e. The number of rotatable bonds is 4. The fourth-order valence-electron chi connectivity index (χ4n) is 1.02. The first kappa shape index (κ1) is 12.3. The first-order valence-electron chi connectivity index (χ1n) is 4.37. The van der Waals surface area contributed by atoms with Crippen LogP contribution in [0.15, 0.2) is 18.2 Å². The van der Waals surface area contributed by atoms with E-state index >= 15 is 0 Å². The molecule has 0 heterocycles. The SMILES string of the molecule is CC(CBr)NCc1cccc(Cl)c1Cl. The molecule has 1 nitrogen and oxygen atoms in total. The van der Waals surface area contributed by atoms with Crippen molar-refractivity contribution in [3.05, 3.63) is 33.8 Å². The van der Waals surface area contributed by atoms with Gasteiger partial charge in [0.25, 0.3) is 0 Å². The summed E-state index contributed by atoms with van der Waals surface area (Å²) in [5, 5.41) is 5.50. The quantitative estimate of drug-likeness (QED) is 0.832. The van der Waals surface area contributed by atoms with E-state index in [2.05, 4.69) is 28.2 Å². The van der Waals surface area contributed by atoms with Crippen LogP contribution in [-0.4, -0.2) is 11.4 Å². The van der Waals surface area contributed by atoms with Gasteiger partial charge in [-0.15, -0.1) is 0 Å². The normalized spacial score (nSPS) is 12.9. The topological polar surface area (TPSA) is 12.0 Å². The summed E-state index contributed by atoms with van der Waals surface area (Å²) in [6.07, 6.45) is 0. The molecular formula is C10H12BrCl2N. The predicted molar refractivity (Wildman–Crippen MR) is 66.6 cm³/mol. The average Bonchev–Trinajstić information content (AvgIpc) is 2.20. The largest absolute Gasteiger partial charge is 0.309 e. The van der Waals surface area contributed by atoms with Crippen molar-refractivity contribution >= 4 is 39.1 Å². The summed E-state index contributed by atoms with van der Waals surface area (Å²) < 4.78 is 0. The van der Waals surface area contributed by atoms with Gasteiger partial charge in [0.05, 0.1) is 10.0 Å². The summed E-state index contributed by atoms with van der Waals surface area (Å²) in [6.45, 7) is 2.85. The molecule has 0 saturated carbocycles. The molecule has 1 aromatic rings. The molecular weight excluding hydrogens is 285 g/mol. The van der Waals surface area contributed by atoms with Gasteiger partial charge in [0.1, 0.15) is 0 Å². The zero-order valence-corrected chi connectivity index (χ0v) is 11.0. The van der Waals surface area contributed by atoms with Crippen LogP contribution in [-0.2, 0) is 6.54 Å². The standard InChI is InChI=1S/C10H12BrCl2N/c1-7(5-11)14-6-8-3-2-4-9(12)10(8)13/h2-4,7,14H,5-6H2,1H3. The van der Waals surface area contributed by atoms with Gasteiger partial charge in [-0.05, 0) is 18.6 Å². The Morgan fingerprint density at radius 2 is 2.14 bits per heavy atom. The van der Waals surface area contributed by atoms with E-state index in [9.17, 15) is 0 Å². The first-order chi connectivity index (χ1) is 6.65. The van der Waals surface area contributed by atoms with Crippen LogP contribution in [0, 0.1) is 0 Å². The average molecular weight is 297 g/mol. The van der Waals surface area contributed by atoms with Crippen LogP contribution in [0.2, 0.25) is 10.0 Å². The van der Waals surface area contributed by atoms with Crippen LogP contribution in [0.25, 0.3) is 0 Å². The maximum Gasteiger partial charge on any atom is 0.0637 e. The minimum atomic E-state index is 0.421. The Hall–Kier alpha value is 0.240. The van der Waals surface area contributed by atoms with Crippen LogP contribution < -0.4 is 5.32 Å². The van der Waals surface area contributed by atoms with Gasteiger partial charge in [0.2, 0.25) is 0 Å². The first-order valence-corrected chi connectivity index (χ1v) is 6.25. The lowest BCUT2D eigenvalue weighted by atomic mass is 10.2. The second kappa shape index (κ2) is 5.96. The summed E-state index contributed by atoms with van der Waals surface area (Å²) in [4.78, 5) is 0. The lowest BCUT2D eigenvalue weighted by molar-refractivity contribution is 0.598. The predicted octanol–water partition coefficient (Wildman–Crippen LogP) is 3.87. The van der Waals surface area contributed by atoms with E-state index in [-0.39, 0.29) is 0 Å². The van der Waals surface area contributed by atoms with E-state index in [0.29, 0.717) is 16.1 Å². The third-order valence-corrected chi connectivity index (χ3v) is 3.73. The highest BCUT2D eigenvalue weighted by atomic mass is 79.9. The molecule has 0 bridgehead atoms. The van der Waals surface area contributed by atoms with Gasteiger partial charge in [-0.3, -0.25) is 0 Å². The molecule has 4 heteroatoms. The van der Waals surface area contributed by atoms with Gasteiger partial charge in [0.15, 0.2) is 0 Å². The molecule has 0 radical (unpaired) electrons. The van der Waals surface area contributed by atoms with Crippen LogP contribution >= 0.6 is 39.1 Å². The van der Waals surface area contributed by atoms with E-state index in [1.54, 1.807) is 6.07 Å². The highest BCUT2D eigenvalue weighted by molar-refractivity contribution is 9.09. The van der Waals surface area contributed by atoms with E-state index in [1.165, 1.54) is 0 Å². The van der Waals surface area contributed by atoms with Crippen molar-refractivity contribution in [2.45, 2.75) is 19.5 Å². The molecule has 0 saturated heterocycles. The van der Waals surface area contributed by atoms with Gasteiger partial charge in [-0.2, -0.15) is 0 Å². The fraction of sp³-hybridized carbons (Fsp3) is 0.400. The molecule has 0 aromatic heterocycles. The third kappa shape index (κ3) is 3.43. The molecule has 0 spiro atoms. The second-order valence-electron chi connectivity index (χ2n) is 3.15. The Morgan fingerprint density at radius 1 is 1.43 bits per heavy atom.